The molecule has 3 rings (SSSR count). The van der Waals surface area contributed by atoms with Crippen LogP contribution in [0.5, 0.6) is 0 Å². The van der Waals surface area contributed by atoms with Gasteiger partial charge in [-0.2, -0.15) is 0 Å². The SMILES string of the molecule is CN(C)S(=O)(=O)c1ccc2c(c1)nc(CCC(=O)OCC(=O)NC(=O)c1ccco1)n2C. The number of hydrogen-bond acceptors (Lipinski definition) is 8. The Morgan fingerprint density at radius 1 is 1.22 bits per heavy atom. The first-order valence-electron chi connectivity index (χ1n) is 9.51. The zero-order valence-electron chi connectivity index (χ0n) is 17.7. The predicted molar refractivity (Wildman–Crippen MR) is 112 cm³/mol. The molecule has 0 fully saturated rings. The third kappa shape index (κ3) is 5.03. The Balaban J connectivity index is 1.57. The number of carbonyl (C=O) groups excluding carboxylic acids is 3. The molecule has 11 nitrogen and oxygen atoms in total. The van der Waals surface area contributed by atoms with Gasteiger partial charge in [-0.15, -0.1) is 0 Å². The Bertz CT molecular complexity index is 1260. The summed E-state index contributed by atoms with van der Waals surface area (Å²) >= 11 is 0. The van der Waals surface area contributed by atoms with Gasteiger partial charge in [-0.25, -0.2) is 17.7 Å². The molecule has 3 aromatic rings. The molecular formula is C20H22N4O7S. The van der Waals surface area contributed by atoms with Crippen molar-refractivity contribution in [3.05, 3.63) is 48.2 Å². The fourth-order valence-electron chi connectivity index (χ4n) is 2.89. The Kier molecular flexibility index (Phi) is 6.75. The topological polar surface area (TPSA) is 141 Å². The second-order valence-corrected chi connectivity index (χ2v) is 9.19. The normalized spacial score (nSPS) is 11.6. The predicted octanol–water partition coefficient (Wildman–Crippen LogP) is 0.849. The molecule has 0 unspecified atom stereocenters. The molecule has 1 N–H and O–H groups in total. The minimum absolute atomic E-state index is 0.0342. The number of aromatic nitrogens is 2. The van der Waals surface area contributed by atoms with Gasteiger partial charge in [-0.1, -0.05) is 0 Å². The van der Waals surface area contributed by atoms with Crippen molar-refractivity contribution in [2.24, 2.45) is 7.05 Å². The van der Waals surface area contributed by atoms with Crippen LogP contribution >= 0.6 is 0 Å². The molecule has 0 aliphatic carbocycles. The van der Waals surface area contributed by atoms with Gasteiger partial charge in [0, 0.05) is 27.6 Å². The van der Waals surface area contributed by atoms with E-state index >= 15 is 0 Å². The van der Waals surface area contributed by atoms with Crippen molar-refractivity contribution in [3.63, 3.8) is 0 Å². The highest BCUT2D eigenvalue weighted by Gasteiger charge is 2.20. The van der Waals surface area contributed by atoms with Crippen LogP contribution < -0.4 is 5.32 Å². The van der Waals surface area contributed by atoms with Gasteiger partial charge in [0.15, 0.2) is 12.4 Å². The summed E-state index contributed by atoms with van der Waals surface area (Å²) < 4.78 is 37.3. The maximum Gasteiger partial charge on any atom is 0.306 e. The van der Waals surface area contributed by atoms with Crippen LogP contribution in [0.1, 0.15) is 22.8 Å². The molecule has 170 valence electrons. The first-order valence-corrected chi connectivity index (χ1v) is 10.9. The van der Waals surface area contributed by atoms with Crippen LogP contribution in [0.15, 0.2) is 45.9 Å². The molecule has 12 heteroatoms. The number of esters is 1. The van der Waals surface area contributed by atoms with Crippen LogP contribution in [0.25, 0.3) is 11.0 Å². The highest BCUT2D eigenvalue weighted by atomic mass is 32.2. The van der Waals surface area contributed by atoms with Crippen LogP contribution in [-0.2, 0) is 37.8 Å². The highest BCUT2D eigenvalue weighted by Crippen LogP contribution is 2.22. The number of aryl methyl sites for hydroxylation is 2. The Morgan fingerprint density at radius 2 is 1.97 bits per heavy atom. The van der Waals surface area contributed by atoms with E-state index in [0.29, 0.717) is 16.9 Å². The quantitative estimate of drug-likeness (QED) is 0.486. The van der Waals surface area contributed by atoms with Crippen molar-refractivity contribution >= 4 is 38.8 Å². The lowest BCUT2D eigenvalue weighted by atomic mass is 10.3. The monoisotopic (exact) mass is 462 g/mol. The molecule has 2 aromatic heterocycles. The molecule has 0 saturated heterocycles. The Labute approximate surface area is 184 Å². The van der Waals surface area contributed by atoms with Crippen molar-refractivity contribution < 1.29 is 32.0 Å². The number of carbonyl (C=O) groups is 3. The Morgan fingerprint density at radius 3 is 2.62 bits per heavy atom. The molecule has 0 saturated carbocycles. The number of sulfonamides is 1. The summed E-state index contributed by atoms with van der Waals surface area (Å²) in [7, 11) is 1.05. The largest absolute Gasteiger partial charge is 0.459 e. The fraction of sp³-hybridized carbons (Fsp3) is 0.300. The van der Waals surface area contributed by atoms with Gasteiger partial charge in [0.05, 0.1) is 28.6 Å². The molecule has 32 heavy (non-hydrogen) atoms. The third-order valence-electron chi connectivity index (χ3n) is 4.64. The number of amides is 2. The first kappa shape index (κ1) is 23.2. The van der Waals surface area contributed by atoms with E-state index in [4.69, 9.17) is 9.15 Å². The standard InChI is InChI=1S/C20H22N4O7S/c1-23(2)32(28,29)13-6-7-15-14(11-13)21-17(24(15)3)8-9-19(26)31-12-18(25)22-20(27)16-5-4-10-30-16/h4-7,10-11H,8-9,12H2,1-3H3,(H,22,25,27). The van der Waals surface area contributed by atoms with Gasteiger partial charge in [-0.3, -0.25) is 19.7 Å². The molecule has 2 amide bonds. The van der Waals surface area contributed by atoms with Crippen LogP contribution in [0.2, 0.25) is 0 Å². The summed E-state index contributed by atoms with van der Waals surface area (Å²) in [4.78, 5) is 40.0. The summed E-state index contributed by atoms with van der Waals surface area (Å²) in [6.07, 6.45) is 1.45. The number of benzene rings is 1. The number of nitrogens with one attached hydrogen (secondary N) is 1. The number of imide groups is 1. The molecule has 0 atom stereocenters. The van der Waals surface area contributed by atoms with Gasteiger partial charge in [0.2, 0.25) is 10.0 Å². The Hall–Kier alpha value is -3.51. The number of hydrogen-bond donors (Lipinski definition) is 1. The van der Waals surface area contributed by atoms with Gasteiger partial charge in [0.25, 0.3) is 11.8 Å². The summed E-state index contributed by atoms with van der Waals surface area (Å²) in [6.45, 7) is -0.612. The molecule has 0 aliphatic heterocycles. The summed E-state index contributed by atoms with van der Waals surface area (Å²) in [5, 5.41) is 2.05. The summed E-state index contributed by atoms with van der Waals surface area (Å²) in [6, 6.07) is 7.53. The summed E-state index contributed by atoms with van der Waals surface area (Å²) in [5.41, 5.74) is 1.19. The lowest BCUT2D eigenvalue weighted by Gasteiger charge is -2.10. The first-order chi connectivity index (χ1) is 15.1. The maximum absolute atomic E-state index is 12.3. The zero-order valence-corrected chi connectivity index (χ0v) is 18.5. The number of nitrogens with zero attached hydrogens (tertiary/aromatic N) is 3. The van der Waals surface area contributed by atoms with Crippen molar-refractivity contribution in [3.8, 4) is 0 Å². The summed E-state index contributed by atoms with van der Waals surface area (Å²) in [5.74, 6) is -1.64. The van der Waals surface area contributed by atoms with E-state index in [2.05, 4.69) is 4.98 Å². The molecule has 0 bridgehead atoms. The number of ether oxygens (including phenoxy) is 1. The number of imidazole rings is 1. The minimum Gasteiger partial charge on any atom is -0.459 e. The maximum atomic E-state index is 12.3. The molecule has 0 aliphatic rings. The third-order valence-corrected chi connectivity index (χ3v) is 6.45. The molecule has 0 spiro atoms. The van der Waals surface area contributed by atoms with E-state index in [0.717, 1.165) is 4.31 Å². The zero-order chi connectivity index (χ0) is 23.5. The van der Waals surface area contributed by atoms with Crippen LogP contribution in [0.4, 0.5) is 0 Å². The van der Waals surface area contributed by atoms with Crippen molar-refractivity contribution in [2.45, 2.75) is 17.7 Å². The number of rotatable bonds is 8. The molecule has 0 radical (unpaired) electrons. The van der Waals surface area contributed by atoms with E-state index in [1.165, 1.54) is 44.6 Å². The minimum atomic E-state index is -3.59. The lowest BCUT2D eigenvalue weighted by Crippen LogP contribution is -2.34. The fourth-order valence-corrected chi connectivity index (χ4v) is 3.81. The average Bonchev–Trinajstić information content (AvgIpc) is 3.39. The van der Waals surface area contributed by atoms with Gasteiger partial charge < -0.3 is 13.7 Å². The molecule has 1 aromatic carbocycles. The lowest BCUT2D eigenvalue weighted by molar-refractivity contribution is -0.148. The van der Waals surface area contributed by atoms with Crippen LogP contribution in [0.3, 0.4) is 0 Å². The van der Waals surface area contributed by atoms with E-state index in [1.54, 1.807) is 17.7 Å². The molecular weight excluding hydrogens is 440 g/mol. The highest BCUT2D eigenvalue weighted by molar-refractivity contribution is 7.89. The second kappa shape index (κ2) is 9.32. The van der Waals surface area contributed by atoms with Crippen molar-refractivity contribution in [2.75, 3.05) is 20.7 Å². The van der Waals surface area contributed by atoms with E-state index in [1.807, 2.05) is 5.32 Å². The van der Waals surface area contributed by atoms with Crippen molar-refractivity contribution in [1.82, 2.24) is 19.2 Å². The number of fused-ring (bicyclic) bond motifs is 1. The van der Waals surface area contributed by atoms with E-state index in [-0.39, 0.29) is 23.5 Å². The van der Waals surface area contributed by atoms with E-state index < -0.39 is 34.4 Å². The van der Waals surface area contributed by atoms with Gasteiger partial charge in [0.1, 0.15) is 5.82 Å². The van der Waals surface area contributed by atoms with Gasteiger partial charge >= 0.3 is 5.97 Å². The van der Waals surface area contributed by atoms with Crippen LogP contribution in [-0.4, -0.2) is 60.8 Å². The smallest absolute Gasteiger partial charge is 0.306 e. The van der Waals surface area contributed by atoms with E-state index in [9.17, 15) is 22.8 Å². The van der Waals surface area contributed by atoms with Crippen LogP contribution in [0, 0.1) is 0 Å². The number of furan rings is 1. The average molecular weight is 462 g/mol. The van der Waals surface area contributed by atoms with Gasteiger partial charge in [-0.05, 0) is 30.3 Å². The second-order valence-electron chi connectivity index (χ2n) is 7.04. The van der Waals surface area contributed by atoms with Crippen molar-refractivity contribution in [1.29, 1.82) is 0 Å². The molecule has 2 heterocycles.